The largest absolute Gasteiger partial charge is 0.373 e. The summed E-state index contributed by atoms with van der Waals surface area (Å²) in [6.07, 6.45) is 0.498. The Kier molecular flexibility index (Phi) is 2.89. The molecule has 1 amide bonds. The lowest BCUT2D eigenvalue weighted by Gasteiger charge is -2.12. The minimum atomic E-state index is 0.0807. The zero-order valence-electron chi connectivity index (χ0n) is 9.37. The Labute approximate surface area is 93.9 Å². The number of rotatable bonds is 3. The van der Waals surface area contributed by atoms with Crippen LogP contribution in [0.2, 0.25) is 0 Å². The monoisotopic (exact) mass is 221 g/mol. The first-order valence-corrected chi connectivity index (χ1v) is 5.24. The molecule has 2 rings (SSSR count). The van der Waals surface area contributed by atoms with Crippen LogP contribution in [0.3, 0.4) is 0 Å². The van der Waals surface area contributed by atoms with Crippen molar-refractivity contribution >= 4 is 17.5 Å². The van der Waals surface area contributed by atoms with Crippen molar-refractivity contribution < 1.29 is 4.79 Å². The van der Waals surface area contributed by atoms with E-state index in [1.807, 2.05) is 20.0 Å². The maximum absolute atomic E-state index is 11.0. The second kappa shape index (κ2) is 4.34. The molecule has 1 fully saturated rings. The highest BCUT2D eigenvalue weighted by molar-refractivity contribution is 5.79. The van der Waals surface area contributed by atoms with Crippen LogP contribution < -0.4 is 16.0 Å². The molecule has 3 N–H and O–H groups in total. The molecule has 0 aliphatic carbocycles. The number of aromatic nitrogens is 2. The van der Waals surface area contributed by atoms with Gasteiger partial charge >= 0.3 is 0 Å². The number of amides is 1. The lowest BCUT2D eigenvalue weighted by Crippen LogP contribution is -2.23. The average molecular weight is 221 g/mol. The highest BCUT2D eigenvalue weighted by atomic mass is 16.1. The standard InChI is InChI=1S/C10H15N5O/c1-6-13-8(11-2)4-9(14-6)15-7-3-10(16)12-5-7/h4,7H,3,5H2,1-2H3,(H,12,16)(H2,11,13,14,15). The molecule has 0 saturated carbocycles. The highest BCUT2D eigenvalue weighted by Crippen LogP contribution is 2.13. The first-order valence-electron chi connectivity index (χ1n) is 5.24. The predicted octanol–water partition coefficient (Wildman–Crippen LogP) is 0.127. The fourth-order valence-electron chi connectivity index (χ4n) is 1.69. The Morgan fingerprint density at radius 1 is 1.44 bits per heavy atom. The Balaban J connectivity index is 2.08. The first kappa shape index (κ1) is 10.7. The number of nitrogens with one attached hydrogen (secondary N) is 3. The Bertz CT molecular complexity index is 406. The smallest absolute Gasteiger partial charge is 0.222 e. The fourth-order valence-corrected chi connectivity index (χ4v) is 1.69. The van der Waals surface area contributed by atoms with E-state index >= 15 is 0 Å². The maximum atomic E-state index is 11.0. The van der Waals surface area contributed by atoms with Crippen molar-refractivity contribution in [3.8, 4) is 0 Å². The molecular weight excluding hydrogens is 206 g/mol. The normalized spacial score (nSPS) is 19.4. The fraction of sp³-hybridized carbons (Fsp3) is 0.500. The molecule has 0 bridgehead atoms. The number of carbonyl (C=O) groups is 1. The molecule has 6 nitrogen and oxygen atoms in total. The molecule has 1 aliphatic heterocycles. The van der Waals surface area contributed by atoms with E-state index in [0.717, 1.165) is 11.6 Å². The molecule has 86 valence electrons. The van der Waals surface area contributed by atoms with Gasteiger partial charge in [0, 0.05) is 26.1 Å². The summed E-state index contributed by atoms with van der Waals surface area (Å²) in [6.45, 7) is 2.49. The quantitative estimate of drug-likeness (QED) is 0.676. The van der Waals surface area contributed by atoms with Crippen molar-refractivity contribution in [2.75, 3.05) is 24.2 Å². The van der Waals surface area contributed by atoms with E-state index in [0.29, 0.717) is 18.8 Å². The van der Waals surface area contributed by atoms with E-state index < -0.39 is 0 Å². The zero-order chi connectivity index (χ0) is 11.5. The third-order valence-electron chi connectivity index (χ3n) is 2.42. The molecule has 1 saturated heterocycles. The summed E-state index contributed by atoms with van der Waals surface area (Å²) < 4.78 is 0. The van der Waals surface area contributed by atoms with Gasteiger partial charge in [-0.2, -0.15) is 0 Å². The Hall–Kier alpha value is -1.85. The number of anilines is 2. The minimum absolute atomic E-state index is 0.0807. The summed E-state index contributed by atoms with van der Waals surface area (Å²) >= 11 is 0. The highest BCUT2D eigenvalue weighted by Gasteiger charge is 2.21. The van der Waals surface area contributed by atoms with Crippen molar-refractivity contribution in [3.63, 3.8) is 0 Å². The SMILES string of the molecule is CNc1cc(NC2CNC(=O)C2)nc(C)n1. The van der Waals surface area contributed by atoms with Gasteiger partial charge in [0.2, 0.25) is 5.91 Å². The van der Waals surface area contributed by atoms with Crippen molar-refractivity contribution in [1.29, 1.82) is 0 Å². The van der Waals surface area contributed by atoms with Crippen molar-refractivity contribution in [2.24, 2.45) is 0 Å². The van der Waals surface area contributed by atoms with Crippen LogP contribution in [-0.2, 0) is 4.79 Å². The molecular formula is C10H15N5O. The molecule has 0 aromatic carbocycles. The lowest BCUT2D eigenvalue weighted by atomic mass is 10.2. The van der Waals surface area contributed by atoms with Gasteiger partial charge in [-0.3, -0.25) is 4.79 Å². The number of carbonyl (C=O) groups excluding carboxylic acids is 1. The van der Waals surface area contributed by atoms with Gasteiger partial charge in [-0.1, -0.05) is 0 Å². The molecule has 1 aromatic heterocycles. The topological polar surface area (TPSA) is 78.9 Å². The van der Waals surface area contributed by atoms with Crippen LogP contribution in [-0.4, -0.2) is 35.5 Å². The predicted molar refractivity (Wildman–Crippen MR) is 61.4 cm³/mol. The summed E-state index contributed by atoms with van der Waals surface area (Å²) in [5.41, 5.74) is 0. The molecule has 1 aromatic rings. The van der Waals surface area contributed by atoms with Crippen molar-refractivity contribution in [2.45, 2.75) is 19.4 Å². The van der Waals surface area contributed by atoms with E-state index in [4.69, 9.17) is 0 Å². The van der Waals surface area contributed by atoms with Crippen LogP contribution in [0.1, 0.15) is 12.2 Å². The zero-order valence-corrected chi connectivity index (χ0v) is 9.37. The third kappa shape index (κ3) is 2.39. The second-order valence-electron chi connectivity index (χ2n) is 3.79. The second-order valence-corrected chi connectivity index (χ2v) is 3.79. The van der Waals surface area contributed by atoms with Crippen LogP contribution in [0.4, 0.5) is 11.6 Å². The van der Waals surface area contributed by atoms with Crippen LogP contribution in [0.15, 0.2) is 6.07 Å². The number of aryl methyl sites for hydroxylation is 1. The van der Waals surface area contributed by atoms with E-state index in [9.17, 15) is 4.79 Å². The first-order chi connectivity index (χ1) is 7.67. The van der Waals surface area contributed by atoms with Crippen LogP contribution in [0, 0.1) is 6.92 Å². The Morgan fingerprint density at radius 3 is 2.81 bits per heavy atom. The van der Waals surface area contributed by atoms with Gasteiger partial charge < -0.3 is 16.0 Å². The lowest BCUT2D eigenvalue weighted by molar-refractivity contribution is -0.119. The molecule has 2 heterocycles. The summed E-state index contributed by atoms with van der Waals surface area (Å²) in [4.78, 5) is 19.5. The molecule has 1 atom stereocenters. The van der Waals surface area contributed by atoms with Crippen LogP contribution in [0.5, 0.6) is 0 Å². The van der Waals surface area contributed by atoms with Gasteiger partial charge in [0.25, 0.3) is 0 Å². The third-order valence-corrected chi connectivity index (χ3v) is 2.42. The van der Waals surface area contributed by atoms with E-state index in [-0.39, 0.29) is 11.9 Å². The summed E-state index contributed by atoms with van der Waals surface area (Å²) in [7, 11) is 1.81. The number of hydrogen-bond acceptors (Lipinski definition) is 5. The van der Waals surface area contributed by atoms with Crippen molar-refractivity contribution in [1.82, 2.24) is 15.3 Å². The summed E-state index contributed by atoms with van der Waals surface area (Å²) in [5, 5.41) is 8.95. The van der Waals surface area contributed by atoms with Gasteiger partial charge in [-0.15, -0.1) is 0 Å². The van der Waals surface area contributed by atoms with E-state index in [1.54, 1.807) is 0 Å². The summed E-state index contributed by atoms with van der Waals surface area (Å²) in [6, 6.07) is 1.95. The van der Waals surface area contributed by atoms with Crippen LogP contribution >= 0.6 is 0 Å². The maximum Gasteiger partial charge on any atom is 0.222 e. The molecule has 16 heavy (non-hydrogen) atoms. The molecule has 1 unspecified atom stereocenters. The van der Waals surface area contributed by atoms with Gasteiger partial charge in [-0.05, 0) is 6.92 Å². The minimum Gasteiger partial charge on any atom is -0.373 e. The van der Waals surface area contributed by atoms with Crippen LogP contribution in [0.25, 0.3) is 0 Å². The van der Waals surface area contributed by atoms with Gasteiger partial charge in [0.15, 0.2) is 0 Å². The molecule has 0 radical (unpaired) electrons. The molecule has 1 aliphatic rings. The van der Waals surface area contributed by atoms with Gasteiger partial charge in [0.05, 0.1) is 6.04 Å². The van der Waals surface area contributed by atoms with E-state index in [1.165, 1.54) is 0 Å². The van der Waals surface area contributed by atoms with Gasteiger partial charge in [-0.25, -0.2) is 9.97 Å². The van der Waals surface area contributed by atoms with E-state index in [2.05, 4.69) is 25.9 Å². The number of nitrogens with zero attached hydrogens (tertiary/aromatic N) is 2. The van der Waals surface area contributed by atoms with Crippen molar-refractivity contribution in [3.05, 3.63) is 11.9 Å². The Morgan fingerprint density at radius 2 is 2.19 bits per heavy atom. The molecule has 6 heteroatoms. The molecule has 0 spiro atoms. The summed E-state index contributed by atoms with van der Waals surface area (Å²) in [5.74, 6) is 2.30. The average Bonchev–Trinajstić information content (AvgIpc) is 2.63. The number of hydrogen-bond donors (Lipinski definition) is 3. The van der Waals surface area contributed by atoms with Gasteiger partial charge in [0.1, 0.15) is 17.5 Å².